The van der Waals surface area contributed by atoms with Crippen molar-refractivity contribution in [1.82, 2.24) is 0 Å². The summed E-state index contributed by atoms with van der Waals surface area (Å²) in [6.07, 6.45) is 3.01. The van der Waals surface area contributed by atoms with Crippen LogP contribution in [0.3, 0.4) is 0 Å². The third kappa shape index (κ3) is 3.01. The molecule has 1 unspecified atom stereocenters. The van der Waals surface area contributed by atoms with E-state index in [1.807, 2.05) is 13.8 Å². The molecule has 2 rings (SSSR count). The Kier molecular flexibility index (Phi) is 4.43. The lowest BCUT2D eigenvalue weighted by molar-refractivity contribution is -0.139. The Morgan fingerprint density at radius 1 is 1.25 bits per heavy atom. The lowest BCUT2D eigenvalue weighted by atomic mass is 9.82. The summed E-state index contributed by atoms with van der Waals surface area (Å²) in [5.41, 5.74) is 5.64. The predicted molar refractivity (Wildman–Crippen MR) is 82.3 cm³/mol. The second-order valence-electron chi connectivity index (χ2n) is 5.46. The molecule has 0 heterocycles. The maximum atomic E-state index is 12.0. The SMILES string of the molecule is CCOC(=O)C1=C(C)C=C(c2ccc(C)cc2)CC1C. The Labute approximate surface area is 121 Å². The zero-order valence-corrected chi connectivity index (χ0v) is 12.7. The van der Waals surface area contributed by atoms with Gasteiger partial charge in [0.2, 0.25) is 0 Å². The highest BCUT2D eigenvalue weighted by atomic mass is 16.5. The molecule has 20 heavy (non-hydrogen) atoms. The molecule has 1 aromatic carbocycles. The summed E-state index contributed by atoms with van der Waals surface area (Å²) in [5, 5.41) is 0. The highest BCUT2D eigenvalue weighted by molar-refractivity contribution is 5.92. The molecule has 0 saturated heterocycles. The fourth-order valence-electron chi connectivity index (χ4n) is 2.76. The van der Waals surface area contributed by atoms with Crippen LogP contribution in [0.5, 0.6) is 0 Å². The Balaban J connectivity index is 2.33. The Hall–Kier alpha value is -1.83. The van der Waals surface area contributed by atoms with Gasteiger partial charge >= 0.3 is 5.97 Å². The van der Waals surface area contributed by atoms with E-state index < -0.39 is 0 Å². The van der Waals surface area contributed by atoms with Gasteiger partial charge in [-0.3, -0.25) is 0 Å². The van der Waals surface area contributed by atoms with Gasteiger partial charge in [0.1, 0.15) is 0 Å². The molecule has 1 aromatic rings. The number of aryl methyl sites for hydroxylation is 1. The van der Waals surface area contributed by atoms with Gasteiger partial charge in [0.25, 0.3) is 0 Å². The molecule has 1 atom stereocenters. The standard InChI is InChI=1S/C18H22O2/c1-5-20-18(19)17-13(3)10-16(11-14(17)4)15-8-6-12(2)7-9-15/h6-10,14H,5,11H2,1-4H3. The van der Waals surface area contributed by atoms with Crippen molar-refractivity contribution >= 4 is 11.5 Å². The van der Waals surface area contributed by atoms with Crippen molar-refractivity contribution in [2.24, 2.45) is 5.92 Å². The number of hydrogen-bond donors (Lipinski definition) is 0. The minimum atomic E-state index is -0.170. The Morgan fingerprint density at radius 3 is 2.45 bits per heavy atom. The van der Waals surface area contributed by atoms with E-state index in [2.05, 4.69) is 44.2 Å². The van der Waals surface area contributed by atoms with Crippen LogP contribution >= 0.6 is 0 Å². The van der Waals surface area contributed by atoms with Crippen molar-refractivity contribution in [2.45, 2.75) is 34.1 Å². The monoisotopic (exact) mass is 270 g/mol. The maximum Gasteiger partial charge on any atom is 0.334 e. The zero-order valence-electron chi connectivity index (χ0n) is 12.7. The zero-order chi connectivity index (χ0) is 14.7. The second kappa shape index (κ2) is 6.08. The van der Waals surface area contributed by atoms with Gasteiger partial charge in [-0.05, 0) is 49.8 Å². The highest BCUT2D eigenvalue weighted by Gasteiger charge is 2.25. The number of allylic oxidation sites excluding steroid dienone is 3. The van der Waals surface area contributed by atoms with Crippen LogP contribution in [0.2, 0.25) is 0 Å². The lowest BCUT2D eigenvalue weighted by Crippen LogP contribution is -2.18. The molecule has 2 heteroatoms. The van der Waals surface area contributed by atoms with E-state index in [-0.39, 0.29) is 11.9 Å². The Morgan fingerprint density at radius 2 is 1.90 bits per heavy atom. The summed E-state index contributed by atoms with van der Waals surface area (Å²) in [6, 6.07) is 8.55. The van der Waals surface area contributed by atoms with E-state index in [1.54, 1.807) is 0 Å². The average Bonchev–Trinajstić information content (AvgIpc) is 2.39. The van der Waals surface area contributed by atoms with Crippen LogP contribution in [0.15, 0.2) is 41.5 Å². The Bertz CT molecular complexity index is 562. The first-order valence-corrected chi connectivity index (χ1v) is 7.18. The van der Waals surface area contributed by atoms with Crippen molar-refractivity contribution in [1.29, 1.82) is 0 Å². The third-order valence-corrected chi connectivity index (χ3v) is 3.75. The van der Waals surface area contributed by atoms with Gasteiger partial charge in [0.05, 0.1) is 6.61 Å². The van der Waals surface area contributed by atoms with Crippen molar-refractivity contribution < 1.29 is 9.53 Å². The molecule has 0 fully saturated rings. The van der Waals surface area contributed by atoms with Crippen LogP contribution in [0.4, 0.5) is 0 Å². The summed E-state index contributed by atoms with van der Waals surface area (Å²) < 4.78 is 5.15. The first kappa shape index (κ1) is 14.6. The maximum absolute atomic E-state index is 12.0. The number of carbonyl (C=O) groups is 1. The fraction of sp³-hybridized carbons (Fsp3) is 0.389. The molecule has 0 aromatic heterocycles. The molecule has 2 nitrogen and oxygen atoms in total. The number of ether oxygens (including phenoxy) is 1. The molecule has 0 spiro atoms. The summed E-state index contributed by atoms with van der Waals surface area (Å²) in [7, 11) is 0. The number of carbonyl (C=O) groups excluding carboxylic acids is 1. The second-order valence-corrected chi connectivity index (χ2v) is 5.46. The fourth-order valence-corrected chi connectivity index (χ4v) is 2.76. The van der Waals surface area contributed by atoms with E-state index in [0.29, 0.717) is 6.61 Å². The van der Waals surface area contributed by atoms with Crippen LogP contribution in [0.25, 0.3) is 5.57 Å². The molecule has 0 bridgehead atoms. The van der Waals surface area contributed by atoms with Crippen LogP contribution in [-0.4, -0.2) is 12.6 Å². The summed E-state index contributed by atoms with van der Waals surface area (Å²) in [6.45, 7) is 8.45. The molecule has 1 aliphatic carbocycles. The summed E-state index contributed by atoms with van der Waals surface area (Å²) in [5.74, 6) is 0.0343. The smallest absolute Gasteiger partial charge is 0.334 e. The van der Waals surface area contributed by atoms with Gasteiger partial charge in [-0.15, -0.1) is 0 Å². The van der Waals surface area contributed by atoms with E-state index in [0.717, 1.165) is 17.6 Å². The largest absolute Gasteiger partial charge is 0.463 e. The molecule has 0 radical (unpaired) electrons. The van der Waals surface area contributed by atoms with E-state index in [9.17, 15) is 4.79 Å². The first-order valence-electron chi connectivity index (χ1n) is 7.18. The highest BCUT2D eigenvalue weighted by Crippen LogP contribution is 2.35. The van der Waals surface area contributed by atoms with E-state index >= 15 is 0 Å². The normalized spacial score (nSPS) is 18.8. The van der Waals surface area contributed by atoms with Gasteiger partial charge < -0.3 is 4.74 Å². The van der Waals surface area contributed by atoms with Crippen molar-refractivity contribution in [3.63, 3.8) is 0 Å². The van der Waals surface area contributed by atoms with Gasteiger partial charge in [-0.25, -0.2) is 4.79 Å². The molecule has 0 N–H and O–H groups in total. The van der Waals surface area contributed by atoms with Crippen molar-refractivity contribution in [3.8, 4) is 0 Å². The topological polar surface area (TPSA) is 26.3 Å². The number of hydrogen-bond acceptors (Lipinski definition) is 2. The van der Waals surface area contributed by atoms with Crippen LogP contribution < -0.4 is 0 Å². The molecule has 0 amide bonds. The molecular formula is C18H22O2. The molecule has 0 saturated carbocycles. The summed E-state index contributed by atoms with van der Waals surface area (Å²) in [4.78, 5) is 12.0. The molecular weight excluding hydrogens is 248 g/mol. The molecule has 106 valence electrons. The number of rotatable bonds is 3. The number of esters is 1. The lowest BCUT2D eigenvalue weighted by Gasteiger charge is -2.23. The van der Waals surface area contributed by atoms with Crippen molar-refractivity contribution in [2.75, 3.05) is 6.61 Å². The van der Waals surface area contributed by atoms with E-state index in [4.69, 9.17) is 4.74 Å². The number of benzene rings is 1. The van der Waals surface area contributed by atoms with Crippen molar-refractivity contribution in [3.05, 3.63) is 52.6 Å². The average molecular weight is 270 g/mol. The van der Waals surface area contributed by atoms with Gasteiger partial charge in [-0.2, -0.15) is 0 Å². The van der Waals surface area contributed by atoms with Crippen LogP contribution in [0, 0.1) is 12.8 Å². The molecule has 1 aliphatic rings. The van der Waals surface area contributed by atoms with E-state index in [1.165, 1.54) is 16.7 Å². The first-order chi connectivity index (χ1) is 9.52. The summed E-state index contributed by atoms with van der Waals surface area (Å²) >= 11 is 0. The van der Waals surface area contributed by atoms with Crippen LogP contribution in [-0.2, 0) is 9.53 Å². The third-order valence-electron chi connectivity index (χ3n) is 3.75. The van der Waals surface area contributed by atoms with Gasteiger partial charge in [0.15, 0.2) is 0 Å². The molecule has 0 aliphatic heterocycles. The van der Waals surface area contributed by atoms with Gasteiger partial charge in [-0.1, -0.05) is 42.8 Å². The van der Waals surface area contributed by atoms with Gasteiger partial charge in [0, 0.05) is 5.57 Å². The minimum Gasteiger partial charge on any atom is -0.463 e. The quantitative estimate of drug-likeness (QED) is 0.765. The van der Waals surface area contributed by atoms with Crippen LogP contribution in [0.1, 0.15) is 38.3 Å². The minimum absolute atomic E-state index is 0.170. The predicted octanol–water partition coefficient (Wildman–Crippen LogP) is 4.30.